The van der Waals surface area contributed by atoms with Crippen LogP contribution in [0.15, 0.2) is 24.3 Å². The van der Waals surface area contributed by atoms with Gasteiger partial charge in [-0.2, -0.15) is 0 Å². The molecule has 0 bridgehead atoms. The summed E-state index contributed by atoms with van der Waals surface area (Å²) in [6, 6.07) is -0.120. The number of carbonyl (C=O) groups is 1. The van der Waals surface area contributed by atoms with Crippen LogP contribution in [0, 0.1) is 11.8 Å². The molecule has 4 nitrogen and oxygen atoms in total. The zero-order chi connectivity index (χ0) is 14.6. The number of aromatic nitrogens is 3. The number of nitrogens with zero attached hydrogens (tertiary/aromatic N) is 3. The Bertz CT molecular complexity index is 651. The molecule has 4 rings (SSSR count). The maximum absolute atomic E-state index is 14.1. The molecular weight excluding hydrogens is 276 g/mol. The number of allylic oxidation sites excluding steroid dienone is 4. The van der Waals surface area contributed by atoms with Crippen LogP contribution >= 0.6 is 0 Å². The van der Waals surface area contributed by atoms with E-state index >= 15 is 0 Å². The molecule has 21 heavy (non-hydrogen) atoms. The van der Waals surface area contributed by atoms with Gasteiger partial charge in [-0.25, -0.2) is 18.4 Å². The van der Waals surface area contributed by atoms with Crippen LogP contribution in [0.5, 0.6) is 0 Å². The molecule has 1 fully saturated rings. The lowest BCUT2D eigenvalue weighted by atomic mass is 9.91. The number of fused-ring (bicyclic) bond motifs is 1. The van der Waals surface area contributed by atoms with Gasteiger partial charge in [-0.05, 0) is 12.8 Å². The van der Waals surface area contributed by atoms with Crippen molar-refractivity contribution in [3.05, 3.63) is 36.0 Å². The zero-order valence-electron chi connectivity index (χ0n) is 11.3. The van der Waals surface area contributed by atoms with E-state index < -0.39 is 24.0 Å². The molecule has 0 aromatic carbocycles. The van der Waals surface area contributed by atoms with Crippen LogP contribution in [-0.2, 0) is 0 Å². The van der Waals surface area contributed by atoms with E-state index in [9.17, 15) is 13.6 Å². The van der Waals surface area contributed by atoms with Gasteiger partial charge in [0.2, 0.25) is 11.6 Å². The minimum atomic E-state index is -1.20. The van der Waals surface area contributed by atoms with Crippen LogP contribution in [-0.4, -0.2) is 26.7 Å². The van der Waals surface area contributed by atoms with Gasteiger partial charge < -0.3 is 0 Å². The number of carbonyl (C=O) groups excluding carboxylic acids is 1. The maximum Gasteiger partial charge on any atom is 0.218 e. The number of halogens is 2. The van der Waals surface area contributed by atoms with Gasteiger partial charge in [-0.1, -0.05) is 24.3 Å². The Hall–Kier alpha value is -1.85. The lowest BCUT2D eigenvalue weighted by molar-refractivity contribution is 0.0945. The third-order valence-corrected chi connectivity index (χ3v) is 4.48. The SMILES string of the molecule is O=C(c1nc2n(n1)[C@H](C1C=CC=CC1)C[C@@H]2F)[C@@H]1C[C@H]1F. The first kappa shape index (κ1) is 12.9. The summed E-state index contributed by atoms with van der Waals surface area (Å²) in [6.07, 6.45) is 7.09. The smallest absolute Gasteiger partial charge is 0.218 e. The van der Waals surface area contributed by atoms with E-state index in [-0.39, 0.29) is 30.0 Å². The Balaban J connectivity index is 1.63. The van der Waals surface area contributed by atoms with Gasteiger partial charge in [0.25, 0.3) is 0 Å². The molecule has 3 aliphatic rings. The second kappa shape index (κ2) is 4.58. The molecule has 0 radical (unpaired) electrons. The Kier molecular flexibility index (Phi) is 2.80. The van der Waals surface area contributed by atoms with E-state index in [0.29, 0.717) is 6.42 Å². The van der Waals surface area contributed by atoms with Crippen molar-refractivity contribution in [1.29, 1.82) is 0 Å². The molecule has 0 saturated heterocycles. The monoisotopic (exact) mass is 291 g/mol. The fourth-order valence-electron chi connectivity index (χ4n) is 3.16. The lowest BCUT2D eigenvalue weighted by Crippen LogP contribution is -2.17. The van der Waals surface area contributed by atoms with Crippen molar-refractivity contribution in [3.63, 3.8) is 0 Å². The van der Waals surface area contributed by atoms with Gasteiger partial charge in [0, 0.05) is 12.3 Å². The highest BCUT2D eigenvalue weighted by Gasteiger charge is 2.47. The Morgan fingerprint density at radius 2 is 2.10 bits per heavy atom. The van der Waals surface area contributed by atoms with Gasteiger partial charge in [-0.3, -0.25) is 4.79 Å². The molecule has 0 amide bonds. The molecule has 6 heteroatoms. The van der Waals surface area contributed by atoms with Gasteiger partial charge >= 0.3 is 0 Å². The van der Waals surface area contributed by atoms with Crippen molar-refractivity contribution in [2.75, 3.05) is 0 Å². The Labute approximate surface area is 120 Å². The first-order chi connectivity index (χ1) is 10.1. The average Bonchev–Trinajstić information content (AvgIpc) is 2.95. The summed E-state index contributed by atoms with van der Waals surface area (Å²) in [6.45, 7) is 0. The van der Waals surface area contributed by atoms with E-state index in [1.807, 2.05) is 24.3 Å². The molecular formula is C15H15F2N3O. The molecule has 110 valence electrons. The summed E-state index contributed by atoms with van der Waals surface area (Å²) in [5.41, 5.74) is 0. The molecule has 2 aliphatic carbocycles. The summed E-state index contributed by atoms with van der Waals surface area (Å²) in [5.74, 6) is -0.675. The third kappa shape index (κ3) is 2.04. The van der Waals surface area contributed by atoms with E-state index in [4.69, 9.17) is 0 Å². The summed E-state index contributed by atoms with van der Waals surface area (Å²) >= 11 is 0. The quantitative estimate of drug-likeness (QED) is 0.804. The Morgan fingerprint density at radius 1 is 1.29 bits per heavy atom. The van der Waals surface area contributed by atoms with Gasteiger partial charge in [-0.15, -0.1) is 5.10 Å². The second-order valence-electron chi connectivity index (χ2n) is 5.94. The first-order valence-corrected chi connectivity index (χ1v) is 7.27. The van der Waals surface area contributed by atoms with Crippen molar-refractivity contribution in [3.8, 4) is 0 Å². The lowest BCUT2D eigenvalue weighted by Gasteiger charge is -2.21. The zero-order valence-corrected chi connectivity index (χ0v) is 11.3. The van der Waals surface area contributed by atoms with E-state index in [2.05, 4.69) is 10.1 Å². The molecule has 0 N–H and O–H groups in total. The number of ketones is 1. The largest absolute Gasteiger partial charge is 0.290 e. The van der Waals surface area contributed by atoms with Gasteiger partial charge in [0.1, 0.15) is 6.17 Å². The topological polar surface area (TPSA) is 47.8 Å². The fraction of sp³-hybridized carbons (Fsp3) is 0.533. The molecule has 0 spiro atoms. The molecule has 5 atom stereocenters. The normalized spacial score (nSPS) is 36.8. The summed E-state index contributed by atoms with van der Waals surface area (Å²) in [7, 11) is 0. The standard InChI is InChI=1S/C15H15F2N3O/c16-10-6-9(10)13(21)14-18-15-11(17)7-12(20(15)19-14)8-4-2-1-3-5-8/h1-4,8-12H,5-7H2/t8?,9-,10-,11+,12+/m1/s1. The van der Waals surface area contributed by atoms with Crippen LogP contribution in [0.25, 0.3) is 0 Å². The second-order valence-corrected chi connectivity index (χ2v) is 5.94. The molecule has 1 aliphatic heterocycles. The van der Waals surface area contributed by atoms with E-state index in [1.165, 1.54) is 0 Å². The van der Waals surface area contributed by atoms with Crippen molar-refractivity contribution < 1.29 is 13.6 Å². The fourth-order valence-corrected chi connectivity index (χ4v) is 3.16. The number of hydrogen-bond donors (Lipinski definition) is 0. The molecule has 1 aromatic rings. The Morgan fingerprint density at radius 3 is 2.76 bits per heavy atom. The van der Waals surface area contributed by atoms with Crippen molar-refractivity contribution in [2.24, 2.45) is 11.8 Å². The minimum Gasteiger partial charge on any atom is -0.290 e. The van der Waals surface area contributed by atoms with Crippen LogP contribution in [0.4, 0.5) is 8.78 Å². The van der Waals surface area contributed by atoms with Crippen LogP contribution in [0.3, 0.4) is 0 Å². The van der Waals surface area contributed by atoms with E-state index in [0.717, 1.165) is 6.42 Å². The average molecular weight is 291 g/mol. The number of alkyl halides is 2. The number of rotatable bonds is 3. The molecule has 1 aromatic heterocycles. The highest BCUT2D eigenvalue weighted by molar-refractivity contribution is 5.96. The van der Waals surface area contributed by atoms with Crippen LogP contribution < -0.4 is 0 Å². The predicted molar refractivity (Wildman–Crippen MR) is 71.2 cm³/mol. The molecule has 1 saturated carbocycles. The third-order valence-electron chi connectivity index (χ3n) is 4.48. The van der Waals surface area contributed by atoms with Crippen molar-refractivity contribution >= 4 is 5.78 Å². The van der Waals surface area contributed by atoms with Crippen molar-refractivity contribution in [1.82, 2.24) is 14.8 Å². The number of hydrogen-bond acceptors (Lipinski definition) is 3. The molecule has 1 unspecified atom stereocenters. The minimum absolute atomic E-state index is 0.0298. The first-order valence-electron chi connectivity index (χ1n) is 7.27. The van der Waals surface area contributed by atoms with E-state index in [1.54, 1.807) is 4.68 Å². The highest BCUT2D eigenvalue weighted by atomic mass is 19.1. The highest BCUT2D eigenvalue weighted by Crippen LogP contribution is 2.43. The molecule has 2 heterocycles. The maximum atomic E-state index is 14.1. The van der Waals surface area contributed by atoms with Gasteiger partial charge in [0.05, 0.1) is 12.0 Å². The summed E-state index contributed by atoms with van der Waals surface area (Å²) in [5, 5.41) is 4.18. The predicted octanol–water partition coefficient (Wildman–Crippen LogP) is 2.91. The van der Waals surface area contributed by atoms with Crippen molar-refractivity contribution in [2.45, 2.75) is 37.6 Å². The van der Waals surface area contributed by atoms with Crippen LogP contribution in [0.1, 0.15) is 47.9 Å². The summed E-state index contributed by atoms with van der Waals surface area (Å²) < 4.78 is 28.7. The van der Waals surface area contributed by atoms with Crippen LogP contribution in [0.2, 0.25) is 0 Å². The summed E-state index contributed by atoms with van der Waals surface area (Å²) in [4.78, 5) is 16.0. The number of Topliss-reactive ketones (excluding diaryl/α,β-unsaturated/α-hetero) is 1. The van der Waals surface area contributed by atoms with Gasteiger partial charge in [0.15, 0.2) is 12.0 Å².